The number of hydrogen-bond acceptors (Lipinski definition) is 5. The Labute approximate surface area is 119 Å². The Balaban J connectivity index is 2.24. The van der Waals surface area contributed by atoms with Crippen molar-refractivity contribution in [3.05, 3.63) is 35.4 Å². The van der Waals surface area contributed by atoms with E-state index in [0.717, 1.165) is 29.8 Å². The number of nitrogens with one attached hydrogen (secondary N) is 1. The number of nitrogen functional groups attached to an aromatic ring is 1. The number of anilines is 2. The van der Waals surface area contributed by atoms with Crippen LogP contribution in [0.3, 0.4) is 0 Å². The fraction of sp³-hybridized carbons (Fsp3) is 0.333. The van der Waals surface area contributed by atoms with Gasteiger partial charge in [0.25, 0.3) is 0 Å². The van der Waals surface area contributed by atoms with Crippen molar-refractivity contribution in [1.29, 1.82) is 0 Å². The maximum atomic E-state index is 5.82. The predicted octanol–water partition coefficient (Wildman–Crippen LogP) is 3.29. The lowest BCUT2D eigenvalue weighted by Crippen LogP contribution is -2.05. The van der Waals surface area contributed by atoms with Crippen molar-refractivity contribution < 1.29 is 4.74 Å². The van der Waals surface area contributed by atoms with Crippen LogP contribution in [-0.4, -0.2) is 16.5 Å². The fourth-order valence-electron chi connectivity index (χ4n) is 1.77. The Morgan fingerprint density at radius 1 is 1.20 bits per heavy atom. The Kier molecular flexibility index (Phi) is 4.40. The van der Waals surface area contributed by atoms with Crippen LogP contribution in [0.5, 0.6) is 11.6 Å². The molecule has 0 bridgehead atoms. The Bertz CT molecular complexity index is 598. The molecule has 1 heterocycles. The number of hydrogen-bond donors (Lipinski definition) is 2. The highest BCUT2D eigenvalue weighted by atomic mass is 16.5. The summed E-state index contributed by atoms with van der Waals surface area (Å²) in [6.45, 7) is 6.94. The number of rotatable bonds is 5. The highest BCUT2D eigenvalue weighted by Gasteiger charge is 2.06. The monoisotopic (exact) mass is 272 g/mol. The van der Waals surface area contributed by atoms with E-state index in [2.05, 4.69) is 22.2 Å². The molecule has 20 heavy (non-hydrogen) atoms. The van der Waals surface area contributed by atoms with Gasteiger partial charge in [-0.1, -0.05) is 19.1 Å². The molecule has 5 heteroatoms. The van der Waals surface area contributed by atoms with Gasteiger partial charge in [-0.3, -0.25) is 0 Å². The smallest absolute Gasteiger partial charge is 0.226 e. The molecule has 2 aromatic rings. The van der Waals surface area contributed by atoms with E-state index in [1.54, 1.807) is 6.07 Å². The summed E-state index contributed by atoms with van der Waals surface area (Å²) < 4.78 is 5.82. The van der Waals surface area contributed by atoms with Gasteiger partial charge in [-0.2, -0.15) is 9.97 Å². The van der Waals surface area contributed by atoms with E-state index in [0.29, 0.717) is 11.7 Å². The van der Waals surface area contributed by atoms with Crippen LogP contribution in [-0.2, 0) is 0 Å². The third-order valence-electron chi connectivity index (χ3n) is 2.83. The minimum atomic E-state index is 0.200. The van der Waals surface area contributed by atoms with E-state index in [-0.39, 0.29) is 5.95 Å². The van der Waals surface area contributed by atoms with Crippen molar-refractivity contribution in [3.8, 4) is 11.6 Å². The molecule has 5 nitrogen and oxygen atoms in total. The van der Waals surface area contributed by atoms with Crippen LogP contribution in [0.15, 0.2) is 24.3 Å². The van der Waals surface area contributed by atoms with E-state index >= 15 is 0 Å². The predicted molar refractivity (Wildman–Crippen MR) is 81.2 cm³/mol. The van der Waals surface area contributed by atoms with Crippen LogP contribution in [0.25, 0.3) is 0 Å². The molecule has 0 spiro atoms. The number of nitrogens with two attached hydrogens (primary N) is 1. The van der Waals surface area contributed by atoms with Crippen molar-refractivity contribution in [2.75, 3.05) is 17.6 Å². The summed E-state index contributed by atoms with van der Waals surface area (Å²) in [6.07, 6.45) is 1.01. The van der Waals surface area contributed by atoms with Crippen molar-refractivity contribution in [2.45, 2.75) is 27.2 Å². The Hall–Kier alpha value is -2.30. The van der Waals surface area contributed by atoms with Crippen molar-refractivity contribution >= 4 is 11.8 Å². The number of aryl methyl sites for hydroxylation is 2. The molecule has 0 saturated heterocycles. The van der Waals surface area contributed by atoms with Gasteiger partial charge in [0.1, 0.15) is 11.6 Å². The largest absolute Gasteiger partial charge is 0.438 e. The summed E-state index contributed by atoms with van der Waals surface area (Å²) in [6, 6.07) is 7.80. The molecular formula is C15H20N4O. The van der Waals surface area contributed by atoms with Gasteiger partial charge < -0.3 is 15.8 Å². The van der Waals surface area contributed by atoms with E-state index in [9.17, 15) is 0 Å². The first-order chi connectivity index (χ1) is 9.58. The average molecular weight is 272 g/mol. The molecule has 0 aliphatic heterocycles. The number of ether oxygens (including phenoxy) is 1. The van der Waals surface area contributed by atoms with Crippen molar-refractivity contribution in [3.63, 3.8) is 0 Å². The molecule has 0 atom stereocenters. The van der Waals surface area contributed by atoms with E-state index < -0.39 is 0 Å². The molecule has 3 N–H and O–H groups in total. The highest BCUT2D eigenvalue weighted by Crippen LogP contribution is 2.26. The fourth-order valence-corrected chi connectivity index (χ4v) is 1.77. The third-order valence-corrected chi connectivity index (χ3v) is 2.83. The topological polar surface area (TPSA) is 73.1 Å². The summed E-state index contributed by atoms with van der Waals surface area (Å²) in [4.78, 5) is 8.24. The van der Waals surface area contributed by atoms with Crippen molar-refractivity contribution in [2.24, 2.45) is 0 Å². The first-order valence-corrected chi connectivity index (χ1v) is 6.72. The molecule has 0 saturated carbocycles. The van der Waals surface area contributed by atoms with Crippen LogP contribution in [0.4, 0.5) is 11.8 Å². The van der Waals surface area contributed by atoms with Gasteiger partial charge in [0.2, 0.25) is 11.8 Å². The zero-order valence-corrected chi connectivity index (χ0v) is 12.1. The summed E-state index contributed by atoms with van der Waals surface area (Å²) >= 11 is 0. The third kappa shape index (κ3) is 3.60. The lowest BCUT2D eigenvalue weighted by molar-refractivity contribution is 0.459. The summed E-state index contributed by atoms with van der Waals surface area (Å²) in [5.41, 5.74) is 7.90. The number of benzene rings is 1. The molecule has 1 aromatic carbocycles. The van der Waals surface area contributed by atoms with Crippen LogP contribution >= 0.6 is 0 Å². The Morgan fingerprint density at radius 3 is 2.75 bits per heavy atom. The normalized spacial score (nSPS) is 10.3. The molecule has 0 aliphatic carbocycles. The van der Waals surface area contributed by atoms with Crippen molar-refractivity contribution in [1.82, 2.24) is 9.97 Å². The van der Waals surface area contributed by atoms with E-state index in [1.165, 1.54) is 0 Å². The second-order valence-electron chi connectivity index (χ2n) is 4.75. The van der Waals surface area contributed by atoms with Crippen LogP contribution < -0.4 is 15.8 Å². The van der Waals surface area contributed by atoms with E-state index in [4.69, 9.17) is 10.5 Å². The van der Waals surface area contributed by atoms with Gasteiger partial charge in [-0.05, 0) is 37.5 Å². The second kappa shape index (κ2) is 6.23. The lowest BCUT2D eigenvalue weighted by atomic mass is 10.1. The van der Waals surface area contributed by atoms with Crippen LogP contribution in [0, 0.1) is 13.8 Å². The van der Waals surface area contributed by atoms with Gasteiger partial charge in [-0.15, -0.1) is 0 Å². The molecule has 0 amide bonds. The van der Waals surface area contributed by atoms with Gasteiger partial charge in [-0.25, -0.2) is 0 Å². The molecule has 0 radical (unpaired) electrons. The second-order valence-corrected chi connectivity index (χ2v) is 4.75. The Morgan fingerprint density at radius 2 is 2.00 bits per heavy atom. The lowest BCUT2D eigenvalue weighted by Gasteiger charge is -2.11. The standard InChI is InChI=1S/C15H20N4O/c1-4-7-17-13-9-14(19-15(16)18-13)20-12-8-10(2)5-6-11(12)3/h5-6,8-9H,4,7H2,1-3H3,(H3,16,17,18,19). The maximum Gasteiger partial charge on any atom is 0.226 e. The highest BCUT2D eigenvalue weighted by molar-refractivity contribution is 5.45. The van der Waals surface area contributed by atoms with Gasteiger partial charge >= 0.3 is 0 Å². The van der Waals surface area contributed by atoms with Crippen LogP contribution in [0.1, 0.15) is 24.5 Å². The van der Waals surface area contributed by atoms with Gasteiger partial charge in [0, 0.05) is 12.6 Å². The quantitative estimate of drug-likeness (QED) is 0.873. The zero-order valence-electron chi connectivity index (χ0n) is 12.1. The van der Waals surface area contributed by atoms with Crippen LogP contribution in [0.2, 0.25) is 0 Å². The first-order valence-electron chi connectivity index (χ1n) is 6.72. The molecule has 0 fully saturated rings. The summed E-state index contributed by atoms with van der Waals surface area (Å²) in [7, 11) is 0. The SMILES string of the molecule is CCCNc1cc(Oc2cc(C)ccc2C)nc(N)n1. The van der Waals surface area contributed by atoms with Gasteiger partial charge in [0.05, 0.1) is 0 Å². The minimum absolute atomic E-state index is 0.200. The average Bonchev–Trinajstić information content (AvgIpc) is 2.40. The van der Waals surface area contributed by atoms with E-state index in [1.807, 2.05) is 32.0 Å². The summed E-state index contributed by atoms with van der Waals surface area (Å²) in [5, 5.41) is 3.18. The molecular weight excluding hydrogens is 252 g/mol. The minimum Gasteiger partial charge on any atom is -0.438 e. The van der Waals surface area contributed by atoms with Gasteiger partial charge in [0.15, 0.2) is 0 Å². The molecule has 0 aliphatic rings. The summed E-state index contributed by atoms with van der Waals surface area (Å²) in [5.74, 6) is 2.11. The first kappa shape index (κ1) is 14.1. The number of nitrogens with zero attached hydrogens (tertiary/aromatic N) is 2. The molecule has 106 valence electrons. The molecule has 1 aromatic heterocycles. The molecule has 0 unspecified atom stereocenters. The number of aromatic nitrogens is 2. The molecule has 2 rings (SSSR count). The zero-order chi connectivity index (χ0) is 14.5. The maximum absolute atomic E-state index is 5.82.